The zero-order valence-corrected chi connectivity index (χ0v) is 14.3. The average Bonchev–Trinajstić information content (AvgIpc) is 2.58. The lowest BCUT2D eigenvalue weighted by Crippen LogP contribution is -2.33. The number of ketones is 1. The molecule has 2 atom stereocenters. The van der Waals surface area contributed by atoms with Crippen LogP contribution in [0.3, 0.4) is 0 Å². The minimum atomic E-state index is -0.366. The Kier molecular flexibility index (Phi) is 3.91. The second-order valence-corrected chi connectivity index (χ2v) is 5.81. The SMILES string of the molecule is COc1cc(OC)c2c(O)c3c(c(OC)c2c1)O[C@H](C)[C@H](C)C3=O. The van der Waals surface area contributed by atoms with Crippen LogP contribution < -0.4 is 18.9 Å². The number of phenolic OH excluding ortho intramolecular Hbond substituents is 1. The first-order valence-electron chi connectivity index (χ1n) is 7.64. The van der Waals surface area contributed by atoms with E-state index in [9.17, 15) is 9.90 Å². The molecule has 0 amide bonds. The molecular formula is C18H20O6. The van der Waals surface area contributed by atoms with Gasteiger partial charge < -0.3 is 24.1 Å². The molecule has 0 radical (unpaired) electrons. The second-order valence-electron chi connectivity index (χ2n) is 5.81. The summed E-state index contributed by atoms with van der Waals surface area (Å²) in [6.07, 6.45) is -0.316. The van der Waals surface area contributed by atoms with Crippen LogP contribution in [-0.2, 0) is 0 Å². The summed E-state index contributed by atoms with van der Waals surface area (Å²) in [4.78, 5) is 12.7. The molecule has 24 heavy (non-hydrogen) atoms. The molecule has 1 N–H and O–H groups in total. The summed E-state index contributed by atoms with van der Waals surface area (Å²) in [5.74, 6) is 0.858. The number of carbonyl (C=O) groups excluding carboxylic acids is 1. The third-order valence-corrected chi connectivity index (χ3v) is 4.55. The third kappa shape index (κ3) is 2.13. The molecule has 0 saturated heterocycles. The summed E-state index contributed by atoms with van der Waals surface area (Å²) in [6, 6.07) is 3.36. The first-order chi connectivity index (χ1) is 11.4. The van der Waals surface area contributed by atoms with E-state index in [2.05, 4.69) is 0 Å². The lowest BCUT2D eigenvalue weighted by Gasteiger charge is -2.30. The van der Waals surface area contributed by atoms with Crippen LogP contribution in [0.25, 0.3) is 10.8 Å². The zero-order chi connectivity index (χ0) is 17.6. The highest BCUT2D eigenvalue weighted by atomic mass is 16.5. The molecule has 2 aromatic rings. The molecule has 128 valence electrons. The third-order valence-electron chi connectivity index (χ3n) is 4.55. The van der Waals surface area contributed by atoms with E-state index in [1.165, 1.54) is 21.3 Å². The Morgan fingerprint density at radius 2 is 1.79 bits per heavy atom. The van der Waals surface area contributed by atoms with Gasteiger partial charge in [0.1, 0.15) is 28.9 Å². The smallest absolute Gasteiger partial charge is 0.177 e. The number of benzene rings is 2. The highest BCUT2D eigenvalue weighted by molar-refractivity contribution is 6.13. The Labute approximate surface area is 139 Å². The fraction of sp³-hybridized carbons (Fsp3) is 0.389. The molecule has 0 aliphatic carbocycles. The lowest BCUT2D eigenvalue weighted by molar-refractivity contribution is 0.0717. The Morgan fingerprint density at radius 3 is 2.38 bits per heavy atom. The number of fused-ring (bicyclic) bond motifs is 2. The number of hydrogen-bond acceptors (Lipinski definition) is 6. The van der Waals surface area contributed by atoms with Crippen molar-refractivity contribution in [2.24, 2.45) is 5.92 Å². The van der Waals surface area contributed by atoms with Crippen molar-refractivity contribution in [3.8, 4) is 28.7 Å². The quantitative estimate of drug-likeness (QED) is 0.930. The van der Waals surface area contributed by atoms with Gasteiger partial charge in [-0.3, -0.25) is 4.79 Å². The van der Waals surface area contributed by atoms with Crippen LogP contribution in [0.2, 0.25) is 0 Å². The van der Waals surface area contributed by atoms with Gasteiger partial charge >= 0.3 is 0 Å². The van der Waals surface area contributed by atoms with Gasteiger partial charge in [0, 0.05) is 11.5 Å². The van der Waals surface area contributed by atoms with E-state index in [-0.39, 0.29) is 34.9 Å². The van der Waals surface area contributed by atoms with Gasteiger partial charge in [-0.1, -0.05) is 6.92 Å². The number of ether oxygens (including phenoxy) is 4. The van der Waals surface area contributed by atoms with Crippen LogP contribution in [0.4, 0.5) is 0 Å². The van der Waals surface area contributed by atoms with Crippen LogP contribution >= 0.6 is 0 Å². The Balaban J connectivity index is 2.48. The average molecular weight is 332 g/mol. The summed E-state index contributed by atoms with van der Waals surface area (Å²) in [6.45, 7) is 3.59. The number of phenols is 1. The Bertz CT molecular complexity index is 826. The first kappa shape index (κ1) is 16.2. The van der Waals surface area contributed by atoms with Crippen molar-refractivity contribution in [2.45, 2.75) is 20.0 Å². The summed E-state index contributed by atoms with van der Waals surface area (Å²) in [7, 11) is 4.52. The summed E-state index contributed by atoms with van der Waals surface area (Å²) in [5, 5.41) is 11.7. The van der Waals surface area contributed by atoms with Crippen molar-refractivity contribution < 1.29 is 28.8 Å². The van der Waals surface area contributed by atoms with Crippen molar-refractivity contribution >= 4 is 16.6 Å². The minimum Gasteiger partial charge on any atom is -0.506 e. The molecule has 1 aliphatic rings. The largest absolute Gasteiger partial charge is 0.506 e. The molecule has 6 heteroatoms. The lowest BCUT2D eigenvalue weighted by atomic mass is 9.88. The number of methoxy groups -OCH3 is 3. The van der Waals surface area contributed by atoms with Gasteiger partial charge in [0.2, 0.25) is 0 Å². The fourth-order valence-electron chi connectivity index (χ4n) is 3.03. The van der Waals surface area contributed by atoms with Gasteiger partial charge in [-0.05, 0) is 13.0 Å². The topological polar surface area (TPSA) is 74.2 Å². The number of rotatable bonds is 3. The van der Waals surface area contributed by atoms with Gasteiger partial charge in [0.05, 0.1) is 32.6 Å². The highest BCUT2D eigenvalue weighted by Crippen LogP contribution is 2.52. The standard InChI is InChI=1S/C18H20O6/c1-8-9(2)24-18-14(15(8)19)16(20)13-11(17(18)23-5)6-10(21-3)7-12(13)22-4/h6-9,20H,1-5H3/t8-,9+/m0/s1. The molecule has 2 aromatic carbocycles. The van der Waals surface area contributed by atoms with E-state index in [4.69, 9.17) is 18.9 Å². The number of aromatic hydroxyl groups is 1. The molecule has 0 fully saturated rings. The maximum atomic E-state index is 12.7. The van der Waals surface area contributed by atoms with Crippen molar-refractivity contribution in [1.82, 2.24) is 0 Å². The van der Waals surface area contributed by atoms with E-state index in [1.807, 2.05) is 6.92 Å². The van der Waals surface area contributed by atoms with Crippen molar-refractivity contribution in [3.05, 3.63) is 17.7 Å². The van der Waals surface area contributed by atoms with E-state index in [0.717, 1.165) is 0 Å². The van der Waals surface area contributed by atoms with Gasteiger partial charge in [-0.2, -0.15) is 0 Å². The van der Waals surface area contributed by atoms with Gasteiger partial charge in [0.15, 0.2) is 17.3 Å². The first-order valence-corrected chi connectivity index (χ1v) is 7.64. The normalized spacial score (nSPS) is 19.6. The van der Waals surface area contributed by atoms with E-state index < -0.39 is 0 Å². The van der Waals surface area contributed by atoms with E-state index in [0.29, 0.717) is 28.0 Å². The van der Waals surface area contributed by atoms with Gasteiger partial charge in [-0.25, -0.2) is 0 Å². The zero-order valence-electron chi connectivity index (χ0n) is 14.3. The predicted octanol–water partition coefficient (Wildman–Crippen LogP) is 3.17. The Hall–Kier alpha value is -2.63. The van der Waals surface area contributed by atoms with Crippen LogP contribution in [0, 0.1) is 5.92 Å². The van der Waals surface area contributed by atoms with Crippen LogP contribution in [0.1, 0.15) is 24.2 Å². The maximum absolute atomic E-state index is 12.7. The summed E-state index contributed by atoms with van der Waals surface area (Å²) >= 11 is 0. The maximum Gasteiger partial charge on any atom is 0.177 e. The van der Waals surface area contributed by atoms with Crippen molar-refractivity contribution in [1.29, 1.82) is 0 Å². The number of Topliss-reactive ketones (excluding diaryl/α,β-unsaturated/α-hetero) is 1. The minimum absolute atomic E-state index is 0.133. The van der Waals surface area contributed by atoms with E-state index in [1.54, 1.807) is 19.1 Å². The monoisotopic (exact) mass is 332 g/mol. The molecule has 0 bridgehead atoms. The highest BCUT2D eigenvalue weighted by Gasteiger charge is 2.38. The van der Waals surface area contributed by atoms with Crippen molar-refractivity contribution in [2.75, 3.05) is 21.3 Å². The van der Waals surface area contributed by atoms with Crippen LogP contribution in [0.15, 0.2) is 12.1 Å². The summed E-state index contributed by atoms with van der Waals surface area (Å²) in [5.41, 5.74) is 0.133. The van der Waals surface area contributed by atoms with Crippen LogP contribution in [0.5, 0.6) is 28.7 Å². The second kappa shape index (κ2) is 5.78. The molecule has 1 aliphatic heterocycles. The molecule has 0 unspecified atom stereocenters. The molecule has 0 spiro atoms. The molecule has 1 heterocycles. The molecular weight excluding hydrogens is 312 g/mol. The fourth-order valence-corrected chi connectivity index (χ4v) is 3.03. The Morgan fingerprint density at radius 1 is 1.08 bits per heavy atom. The van der Waals surface area contributed by atoms with Crippen LogP contribution in [-0.4, -0.2) is 38.3 Å². The number of hydrogen-bond donors (Lipinski definition) is 1. The van der Waals surface area contributed by atoms with E-state index >= 15 is 0 Å². The molecule has 0 aromatic heterocycles. The summed E-state index contributed by atoms with van der Waals surface area (Å²) < 4.78 is 22.1. The van der Waals surface area contributed by atoms with Gasteiger partial charge in [0.25, 0.3) is 0 Å². The van der Waals surface area contributed by atoms with Crippen molar-refractivity contribution in [3.63, 3.8) is 0 Å². The molecule has 6 nitrogen and oxygen atoms in total. The molecule has 3 rings (SSSR count). The molecule has 0 saturated carbocycles. The number of carbonyl (C=O) groups is 1. The van der Waals surface area contributed by atoms with Gasteiger partial charge in [-0.15, -0.1) is 0 Å². The predicted molar refractivity (Wildman–Crippen MR) is 88.9 cm³/mol.